The van der Waals surface area contributed by atoms with Crippen LogP contribution in [0.3, 0.4) is 0 Å². The zero-order chi connectivity index (χ0) is 12.2. The lowest BCUT2D eigenvalue weighted by atomic mass is 10.0. The summed E-state index contributed by atoms with van der Waals surface area (Å²) in [5.41, 5.74) is 0.863. The number of hydrogen-bond acceptors (Lipinski definition) is 3. The highest BCUT2D eigenvalue weighted by molar-refractivity contribution is 7.88. The van der Waals surface area contributed by atoms with Crippen molar-refractivity contribution in [1.29, 1.82) is 0 Å². The number of nitrogens with one attached hydrogen (secondary N) is 1. The van der Waals surface area contributed by atoms with Crippen LogP contribution < -0.4 is 4.72 Å². The molecule has 0 fully saturated rings. The smallest absolute Gasteiger partial charge is 0.209 e. The Bertz CT molecular complexity index is 479. The minimum absolute atomic E-state index is 0.177. The summed E-state index contributed by atoms with van der Waals surface area (Å²) in [6, 6.07) is 8.11. The summed E-state index contributed by atoms with van der Waals surface area (Å²) in [7, 11) is -3.40. The van der Waals surface area contributed by atoms with Gasteiger partial charge in [-0.05, 0) is 5.56 Å². The van der Waals surface area contributed by atoms with E-state index in [4.69, 9.17) is 0 Å². The van der Waals surface area contributed by atoms with Crippen LogP contribution in [0.5, 0.6) is 0 Å². The highest BCUT2D eigenvalue weighted by atomic mass is 32.2. The third kappa shape index (κ3) is 3.60. The van der Waals surface area contributed by atoms with E-state index < -0.39 is 16.1 Å². The number of hydrogen-bond donors (Lipinski definition) is 1. The van der Waals surface area contributed by atoms with Crippen molar-refractivity contribution in [3.63, 3.8) is 0 Å². The molecule has 4 nitrogen and oxygen atoms in total. The van der Waals surface area contributed by atoms with Gasteiger partial charge < -0.3 is 0 Å². The van der Waals surface area contributed by atoms with Crippen LogP contribution in [-0.2, 0) is 14.8 Å². The molecule has 0 radical (unpaired) electrons. The summed E-state index contributed by atoms with van der Waals surface area (Å²) in [4.78, 5) is 10.7. The molecule has 0 aromatic heterocycles. The van der Waals surface area contributed by atoms with Gasteiger partial charge in [0.15, 0.2) is 0 Å². The van der Waals surface area contributed by atoms with Gasteiger partial charge in [0.25, 0.3) is 0 Å². The first-order chi connectivity index (χ1) is 7.44. The lowest BCUT2D eigenvalue weighted by molar-refractivity contribution is -0.105. The molecular weight excluding hydrogens is 226 g/mol. The van der Waals surface area contributed by atoms with Gasteiger partial charge in [-0.2, -0.15) is 0 Å². The molecule has 86 valence electrons. The number of aldehydes is 1. The number of rotatable bonds is 5. The summed E-state index contributed by atoms with van der Waals surface area (Å²) in [5, 5.41) is 0. The van der Waals surface area contributed by atoms with Crippen LogP contribution in [0.4, 0.5) is 0 Å². The summed E-state index contributed by atoms with van der Waals surface area (Å²) < 4.78 is 24.7. The SMILES string of the molecule is C=C(C=O)[C@@H](NS(C)(=O)=O)c1ccccc1. The topological polar surface area (TPSA) is 63.2 Å². The summed E-state index contributed by atoms with van der Waals surface area (Å²) in [6.07, 6.45) is 1.59. The monoisotopic (exact) mass is 239 g/mol. The Morgan fingerprint density at radius 2 is 1.94 bits per heavy atom. The first-order valence-electron chi connectivity index (χ1n) is 4.60. The number of carbonyl (C=O) groups is 1. The second-order valence-electron chi connectivity index (χ2n) is 3.43. The van der Waals surface area contributed by atoms with Gasteiger partial charge >= 0.3 is 0 Å². The largest absolute Gasteiger partial charge is 0.298 e. The molecular formula is C11H13NO3S. The van der Waals surface area contributed by atoms with E-state index in [-0.39, 0.29) is 5.57 Å². The molecule has 0 amide bonds. The number of sulfonamides is 1. The molecule has 0 spiro atoms. The standard InChI is InChI=1S/C11H13NO3S/c1-9(8-13)11(12-16(2,14)15)10-6-4-3-5-7-10/h3-8,11-12H,1H2,2H3/t11-/m1/s1. The van der Waals surface area contributed by atoms with Gasteiger partial charge in [0.05, 0.1) is 12.3 Å². The van der Waals surface area contributed by atoms with E-state index in [1.165, 1.54) is 0 Å². The van der Waals surface area contributed by atoms with Crippen LogP contribution in [0.25, 0.3) is 0 Å². The molecule has 0 bridgehead atoms. The fraction of sp³-hybridized carbons (Fsp3) is 0.182. The molecule has 0 saturated heterocycles. The molecule has 1 aromatic rings. The maximum Gasteiger partial charge on any atom is 0.209 e. The Hall–Kier alpha value is -1.46. The Balaban J connectivity index is 3.07. The zero-order valence-electron chi connectivity index (χ0n) is 8.88. The molecule has 0 aliphatic rings. The molecule has 5 heteroatoms. The van der Waals surface area contributed by atoms with Crippen molar-refractivity contribution in [3.8, 4) is 0 Å². The van der Waals surface area contributed by atoms with Gasteiger partial charge in [-0.1, -0.05) is 36.9 Å². The first-order valence-corrected chi connectivity index (χ1v) is 6.49. The van der Waals surface area contributed by atoms with E-state index in [0.29, 0.717) is 11.8 Å². The highest BCUT2D eigenvalue weighted by Gasteiger charge is 2.18. The van der Waals surface area contributed by atoms with Crippen molar-refractivity contribution in [1.82, 2.24) is 4.72 Å². The summed E-state index contributed by atoms with van der Waals surface area (Å²) in [5.74, 6) is 0. The summed E-state index contributed by atoms with van der Waals surface area (Å²) >= 11 is 0. The minimum atomic E-state index is -3.40. The molecule has 0 unspecified atom stereocenters. The third-order valence-electron chi connectivity index (χ3n) is 1.99. The van der Waals surface area contributed by atoms with E-state index >= 15 is 0 Å². The fourth-order valence-corrected chi connectivity index (χ4v) is 2.00. The van der Waals surface area contributed by atoms with Crippen LogP contribution in [0.2, 0.25) is 0 Å². The van der Waals surface area contributed by atoms with Gasteiger partial charge in [0.1, 0.15) is 6.29 Å². The maximum absolute atomic E-state index is 11.2. The zero-order valence-corrected chi connectivity index (χ0v) is 9.70. The third-order valence-corrected chi connectivity index (χ3v) is 2.65. The van der Waals surface area contributed by atoms with Gasteiger partial charge in [-0.15, -0.1) is 0 Å². The van der Waals surface area contributed by atoms with Gasteiger partial charge in [-0.3, -0.25) is 4.79 Å². The van der Waals surface area contributed by atoms with Gasteiger partial charge in [0, 0.05) is 5.57 Å². The van der Waals surface area contributed by atoms with Crippen molar-refractivity contribution < 1.29 is 13.2 Å². The molecule has 0 aliphatic carbocycles. The Morgan fingerprint density at radius 1 is 1.38 bits per heavy atom. The van der Waals surface area contributed by atoms with Crippen molar-refractivity contribution in [2.24, 2.45) is 0 Å². The first kappa shape index (κ1) is 12.6. The van der Waals surface area contributed by atoms with Gasteiger partial charge in [-0.25, -0.2) is 13.1 Å². The van der Waals surface area contributed by atoms with E-state index in [0.717, 1.165) is 6.26 Å². The van der Waals surface area contributed by atoms with Crippen LogP contribution in [0.15, 0.2) is 42.5 Å². The Labute approximate surface area is 95.0 Å². The van der Waals surface area contributed by atoms with Crippen molar-refractivity contribution in [2.45, 2.75) is 6.04 Å². The average Bonchev–Trinajstić information content (AvgIpc) is 2.25. The average molecular weight is 239 g/mol. The molecule has 16 heavy (non-hydrogen) atoms. The van der Waals surface area contributed by atoms with Crippen molar-refractivity contribution in [2.75, 3.05) is 6.26 Å². The number of benzene rings is 1. The fourth-order valence-electron chi connectivity index (χ4n) is 1.29. The Morgan fingerprint density at radius 3 is 2.38 bits per heavy atom. The predicted molar refractivity (Wildman–Crippen MR) is 62.4 cm³/mol. The molecule has 1 N–H and O–H groups in total. The van der Waals surface area contributed by atoms with E-state index in [2.05, 4.69) is 11.3 Å². The molecule has 0 heterocycles. The van der Waals surface area contributed by atoms with E-state index in [1.54, 1.807) is 24.3 Å². The minimum Gasteiger partial charge on any atom is -0.298 e. The predicted octanol–water partition coefficient (Wildman–Crippen LogP) is 1.03. The van der Waals surface area contributed by atoms with Crippen LogP contribution >= 0.6 is 0 Å². The summed E-state index contributed by atoms with van der Waals surface area (Å²) in [6.45, 7) is 3.54. The molecule has 0 aliphatic heterocycles. The molecule has 0 saturated carbocycles. The van der Waals surface area contributed by atoms with Crippen LogP contribution in [0, 0.1) is 0 Å². The quantitative estimate of drug-likeness (QED) is 0.616. The van der Waals surface area contributed by atoms with Crippen LogP contribution in [-0.4, -0.2) is 21.0 Å². The van der Waals surface area contributed by atoms with Crippen molar-refractivity contribution in [3.05, 3.63) is 48.0 Å². The molecule has 1 atom stereocenters. The van der Waals surface area contributed by atoms with Crippen molar-refractivity contribution >= 4 is 16.3 Å². The normalized spacial score (nSPS) is 13.1. The lowest BCUT2D eigenvalue weighted by Gasteiger charge is -2.16. The molecule has 1 rings (SSSR count). The second-order valence-corrected chi connectivity index (χ2v) is 5.21. The van der Waals surface area contributed by atoms with Crippen LogP contribution in [0.1, 0.15) is 11.6 Å². The highest BCUT2D eigenvalue weighted by Crippen LogP contribution is 2.19. The van der Waals surface area contributed by atoms with E-state index in [9.17, 15) is 13.2 Å². The van der Waals surface area contributed by atoms with E-state index in [1.807, 2.05) is 6.07 Å². The maximum atomic E-state index is 11.2. The number of carbonyl (C=O) groups excluding carboxylic acids is 1. The van der Waals surface area contributed by atoms with Gasteiger partial charge in [0.2, 0.25) is 10.0 Å². The second kappa shape index (κ2) is 5.05. The lowest BCUT2D eigenvalue weighted by Crippen LogP contribution is -2.28. The molecule has 1 aromatic carbocycles. The Kier molecular flexibility index (Phi) is 3.98.